The van der Waals surface area contributed by atoms with Gasteiger partial charge in [-0.25, -0.2) is 4.79 Å². The van der Waals surface area contributed by atoms with Crippen LogP contribution in [-0.4, -0.2) is 35.6 Å². The summed E-state index contributed by atoms with van der Waals surface area (Å²) in [5.41, 5.74) is 4.97. The molecule has 0 spiro atoms. The van der Waals surface area contributed by atoms with Gasteiger partial charge in [0.1, 0.15) is 0 Å². The number of carbonyl (C=O) groups is 3. The average molecular weight is 259 g/mol. The number of amides is 3. The number of unbranched alkanes of at least 4 members (excludes halogenated alkanes) is 1. The van der Waals surface area contributed by atoms with Crippen molar-refractivity contribution in [3.05, 3.63) is 0 Å². The summed E-state index contributed by atoms with van der Waals surface area (Å²) >= 11 is 0. The normalized spacial score (nSPS) is 11.6. The molecule has 0 heterocycles. The van der Waals surface area contributed by atoms with Crippen molar-refractivity contribution in [2.24, 2.45) is 5.73 Å². The Morgan fingerprint density at radius 2 is 1.89 bits per heavy atom. The molecule has 0 aromatic heterocycles. The lowest BCUT2D eigenvalue weighted by Gasteiger charge is -2.13. The Balaban J connectivity index is 3.52. The largest absolute Gasteiger partial charge is 0.481 e. The number of carboxylic acids is 1. The second-order valence-electron chi connectivity index (χ2n) is 4.16. The average Bonchev–Trinajstić information content (AvgIpc) is 2.25. The van der Waals surface area contributed by atoms with Crippen molar-refractivity contribution in [1.82, 2.24) is 10.6 Å². The summed E-state index contributed by atoms with van der Waals surface area (Å²) in [6.07, 6.45) is 2.06. The van der Waals surface area contributed by atoms with Gasteiger partial charge >= 0.3 is 12.0 Å². The molecule has 0 saturated carbocycles. The Hall–Kier alpha value is -1.79. The topological polar surface area (TPSA) is 122 Å². The molecule has 0 aromatic carbocycles. The minimum Gasteiger partial charge on any atom is -0.481 e. The lowest BCUT2D eigenvalue weighted by atomic mass is 10.2. The number of carboxylic acid groups (broad SMARTS) is 1. The molecular weight excluding hydrogens is 238 g/mol. The third-order valence-electron chi connectivity index (χ3n) is 2.30. The summed E-state index contributed by atoms with van der Waals surface area (Å²) < 4.78 is 0. The van der Waals surface area contributed by atoms with Gasteiger partial charge in [0.05, 0.1) is 0 Å². The van der Waals surface area contributed by atoms with Crippen LogP contribution >= 0.6 is 0 Å². The van der Waals surface area contributed by atoms with Crippen molar-refractivity contribution in [3.63, 3.8) is 0 Å². The quantitative estimate of drug-likeness (QED) is 0.442. The molecule has 7 nitrogen and oxygen atoms in total. The molecule has 0 rings (SSSR count). The van der Waals surface area contributed by atoms with Crippen LogP contribution in [0.1, 0.15) is 39.0 Å². The Labute approximate surface area is 106 Å². The number of primary amides is 1. The van der Waals surface area contributed by atoms with Gasteiger partial charge in [-0.1, -0.05) is 0 Å². The first kappa shape index (κ1) is 16.2. The van der Waals surface area contributed by atoms with Crippen molar-refractivity contribution in [2.45, 2.75) is 45.1 Å². The van der Waals surface area contributed by atoms with Gasteiger partial charge < -0.3 is 21.5 Å². The maximum Gasteiger partial charge on any atom is 0.314 e. The molecular formula is C11H21N3O4. The molecule has 0 radical (unpaired) electrons. The van der Waals surface area contributed by atoms with Crippen LogP contribution in [0.3, 0.4) is 0 Å². The van der Waals surface area contributed by atoms with E-state index in [1.165, 1.54) is 0 Å². The molecule has 0 fully saturated rings. The zero-order valence-electron chi connectivity index (χ0n) is 10.6. The molecule has 0 aliphatic rings. The van der Waals surface area contributed by atoms with Crippen molar-refractivity contribution >= 4 is 17.9 Å². The minimum absolute atomic E-state index is 0.0278. The predicted molar refractivity (Wildman–Crippen MR) is 65.9 cm³/mol. The first-order valence-electron chi connectivity index (χ1n) is 5.96. The number of nitrogens with one attached hydrogen (secondary N) is 2. The summed E-state index contributed by atoms with van der Waals surface area (Å²) in [6.45, 7) is 2.21. The van der Waals surface area contributed by atoms with E-state index in [4.69, 9.17) is 10.8 Å². The van der Waals surface area contributed by atoms with E-state index in [9.17, 15) is 14.4 Å². The fourth-order valence-electron chi connectivity index (χ4n) is 1.31. The van der Waals surface area contributed by atoms with Crippen LogP contribution in [0.5, 0.6) is 0 Å². The monoisotopic (exact) mass is 259 g/mol. The molecule has 0 aliphatic carbocycles. The Morgan fingerprint density at radius 1 is 1.22 bits per heavy atom. The fraction of sp³-hybridized carbons (Fsp3) is 0.727. The first-order valence-corrected chi connectivity index (χ1v) is 5.96. The van der Waals surface area contributed by atoms with Crippen LogP contribution in [0.25, 0.3) is 0 Å². The fourth-order valence-corrected chi connectivity index (χ4v) is 1.31. The minimum atomic E-state index is -0.879. The van der Waals surface area contributed by atoms with Crippen LogP contribution in [0.2, 0.25) is 0 Å². The number of urea groups is 1. The molecule has 5 N–H and O–H groups in total. The zero-order valence-corrected chi connectivity index (χ0v) is 10.6. The van der Waals surface area contributed by atoms with Gasteiger partial charge in [-0.3, -0.25) is 9.59 Å². The van der Waals surface area contributed by atoms with Crippen molar-refractivity contribution < 1.29 is 19.5 Å². The maximum atomic E-state index is 11.3. The summed E-state index contributed by atoms with van der Waals surface area (Å²) in [7, 11) is 0. The van der Waals surface area contributed by atoms with Crippen molar-refractivity contribution in [1.29, 1.82) is 0 Å². The van der Waals surface area contributed by atoms with E-state index < -0.39 is 5.97 Å². The van der Waals surface area contributed by atoms with E-state index in [0.29, 0.717) is 32.2 Å². The SMILES string of the molecule is CC(CCC(=O)O)NC(=O)NCCCCC(N)=O. The summed E-state index contributed by atoms with van der Waals surface area (Å²) in [4.78, 5) is 32.1. The summed E-state index contributed by atoms with van der Waals surface area (Å²) in [5.74, 6) is -1.22. The van der Waals surface area contributed by atoms with E-state index in [2.05, 4.69) is 10.6 Å². The number of hydrogen-bond acceptors (Lipinski definition) is 3. The third-order valence-corrected chi connectivity index (χ3v) is 2.30. The highest BCUT2D eigenvalue weighted by atomic mass is 16.4. The molecule has 18 heavy (non-hydrogen) atoms. The molecule has 3 amide bonds. The standard InChI is InChI=1S/C11H21N3O4/c1-8(5-6-10(16)17)14-11(18)13-7-3-2-4-9(12)15/h8H,2-7H2,1H3,(H2,12,15)(H,16,17)(H2,13,14,18). The molecule has 0 aliphatic heterocycles. The van der Waals surface area contributed by atoms with E-state index in [0.717, 1.165) is 0 Å². The predicted octanol–water partition coefficient (Wildman–Crippen LogP) is 0.195. The van der Waals surface area contributed by atoms with Crippen LogP contribution in [0.15, 0.2) is 0 Å². The number of nitrogens with two attached hydrogens (primary N) is 1. The molecule has 104 valence electrons. The van der Waals surface area contributed by atoms with Gasteiger partial charge in [0.2, 0.25) is 5.91 Å². The van der Waals surface area contributed by atoms with Crippen LogP contribution < -0.4 is 16.4 Å². The second kappa shape index (κ2) is 9.26. The van der Waals surface area contributed by atoms with Gasteiger partial charge in [-0.2, -0.15) is 0 Å². The van der Waals surface area contributed by atoms with Gasteiger partial charge in [-0.15, -0.1) is 0 Å². The van der Waals surface area contributed by atoms with Crippen LogP contribution in [0.4, 0.5) is 4.79 Å². The van der Waals surface area contributed by atoms with Gasteiger partial charge in [-0.05, 0) is 26.2 Å². The lowest BCUT2D eigenvalue weighted by molar-refractivity contribution is -0.137. The van der Waals surface area contributed by atoms with Crippen LogP contribution in [-0.2, 0) is 9.59 Å². The molecule has 1 unspecified atom stereocenters. The van der Waals surface area contributed by atoms with E-state index in [1.807, 2.05) is 0 Å². The molecule has 0 aromatic rings. The van der Waals surface area contributed by atoms with E-state index in [-0.39, 0.29) is 24.4 Å². The Bertz CT molecular complexity index is 294. The van der Waals surface area contributed by atoms with Gasteiger partial charge in [0.15, 0.2) is 0 Å². The first-order chi connectivity index (χ1) is 8.41. The summed E-state index contributed by atoms with van der Waals surface area (Å²) in [6, 6.07) is -0.515. The molecule has 0 saturated heterocycles. The third kappa shape index (κ3) is 10.7. The zero-order chi connectivity index (χ0) is 14.0. The van der Waals surface area contributed by atoms with Crippen molar-refractivity contribution in [3.8, 4) is 0 Å². The van der Waals surface area contributed by atoms with Crippen LogP contribution in [0, 0.1) is 0 Å². The highest BCUT2D eigenvalue weighted by molar-refractivity contribution is 5.74. The Morgan fingerprint density at radius 3 is 2.44 bits per heavy atom. The Kier molecular flexibility index (Phi) is 8.34. The number of hydrogen-bond donors (Lipinski definition) is 4. The second-order valence-corrected chi connectivity index (χ2v) is 4.16. The number of carbonyl (C=O) groups excluding carboxylic acids is 2. The number of rotatable bonds is 9. The number of aliphatic carboxylic acids is 1. The van der Waals surface area contributed by atoms with Crippen molar-refractivity contribution in [2.75, 3.05) is 6.54 Å². The smallest absolute Gasteiger partial charge is 0.314 e. The molecule has 0 bridgehead atoms. The van der Waals surface area contributed by atoms with E-state index in [1.54, 1.807) is 6.92 Å². The van der Waals surface area contributed by atoms with Gasteiger partial charge in [0.25, 0.3) is 0 Å². The van der Waals surface area contributed by atoms with Gasteiger partial charge in [0, 0.05) is 25.4 Å². The summed E-state index contributed by atoms with van der Waals surface area (Å²) in [5, 5.41) is 13.7. The van der Waals surface area contributed by atoms with E-state index >= 15 is 0 Å². The lowest BCUT2D eigenvalue weighted by Crippen LogP contribution is -2.41. The highest BCUT2D eigenvalue weighted by Crippen LogP contribution is 1.96. The molecule has 7 heteroatoms. The maximum absolute atomic E-state index is 11.3. The molecule has 1 atom stereocenters. The highest BCUT2D eigenvalue weighted by Gasteiger charge is 2.08.